The molecule has 3 aliphatic rings. The van der Waals surface area contributed by atoms with E-state index in [4.69, 9.17) is 9.41 Å². The third-order valence-electron chi connectivity index (χ3n) is 7.56. The van der Waals surface area contributed by atoms with E-state index >= 15 is 0 Å². The number of carboxylic acids is 1. The van der Waals surface area contributed by atoms with Gasteiger partial charge in [-0.25, -0.2) is 4.79 Å². The van der Waals surface area contributed by atoms with Crippen molar-refractivity contribution in [3.05, 3.63) is 63.8 Å². The van der Waals surface area contributed by atoms with Crippen LogP contribution < -0.4 is 0 Å². The maximum atomic E-state index is 11.2. The quantitative estimate of drug-likeness (QED) is 0.355. The van der Waals surface area contributed by atoms with Gasteiger partial charge in [0.2, 0.25) is 5.76 Å². The molecule has 0 amide bonds. The minimum atomic E-state index is -1.05. The van der Waals surface area contributed by atoms with Crippen LogP contribution in [-0.4, -0.2) is 16.8 Å². The fourth-order valence-corrected chi connectivity index (χ4v) is 5.78. The van der Waals surface area contributed by atoms with Crippen LogP contribution in [0.2, 0.25) is 0 Å². The lowest BCUT2D eigenvalue weighted by Crippen LogP contribution is -2.27. The lowest BCUT2D eigenvalue weighted by atomic mass is 9.68. The van der Waals surface area contributed by atoms with Gasteiger partial charge in [0.1, 0.15) is 5.76 Å². The zero-order chi connectivity index (χ0) is 24.3. The van der Waals surface area contributed by atoms with Crippen LogP contribution in [0.25, 0.3) is 6.08 Å². The number of carbonyl (C=O) groups is 1. The smallest absolute Gasteiger partial charge is 0.371 e. The predicted octanol–water partition coefficient (Wildman–Crippen LogP) is 8.53. The van der Waals surface area contributed by atoms with Gasteiger partial charge in [-0.1, -0.05) is 71.4 Å². The van der Waals surface area contributed by atoms with E-state index in [-0.39, 0.29) is 11.2 Å². The Balaban J connectivity index is 1.64. The second-order valence-corrected chi connectivity index (χ2v) is 10.7. The highest BCUT2D eigenvalue weighted by atomic mass is 16.4. The second kappa shape index (κ2) is 10.3. The first kappa shape index (κ1) is 24.5. The monoisotopic (exact) mass is 461 g/mol. The highest BCUT2D eigenvalue weighted by molar-refractivity contribution is 6.07. The molecule has 0 radical (unpaired) electrons. The lowest BCUT2D eigenvalue weighted by molar-refractivity contribution is 0.0662. The molecule has 1 aromatic heterocycles. The molecule has 1 atom stereocenters. The maximum absolute atomic E-state index is 11.2. The van der Waals surface area contributed by atoms with Crippen LogP contribution in [0.15, 0.2) is 61.7 Å². The zero-order valence-electron chi connectivity index (χ0n) is 21.2. The normalized spacial score (nSPS) is 21.6. The number of aliphatic imine (C=N–C) groups is 1. The number of aromatic carboxylic acids is 1. The van der Waals surface area contributed by atoms with Gasteiger partial charge in [-0.05, 0) is 73.0 Å². The summed E-state index contributed by atoms with van der Waals surface area (Å²) in [7, 11) is 0. The van der Waals surface area contributed by atoms with Gasteiger partial charge >= 0.3 is 5.97 Å². The molecule has 4 heteroatoms. The first-order chi connectivity index (χ1) is 16.3. The highest BCUT2D eigenvalue weighted by Gasteiger charge is 2.41. The van der Waals surface area contributed by atoms with Gasteiger partial charge in [0.05, 0.1) is 5.70 Å². The van der Waals surface area contributed by atoms with Gasteiger partial charge in [-0.2, -0.15) is 0 Å². The van der Waals surface area contributed by atoms with Gasteiger partial charge in [-0.15, -0.1) is 0 Å². The average Bonchev–Trinajstić information content (AvgIpc) is 3.41. The molecule has 4 nitrogen and oxygen atoms in total. The molecular formula is C30H39NO3. The zero-order valence-corrected chi connectivity index (χ0v) is 21.2. The van der Waals surface area contributed by atoms with E-state index in [1.54, 1.807) is 6.07 Å². The predicted molar refractivity (Wildman–Crippen MR) is 139 cm³/mol. The molecule has 1 N–H and O–H groups in total. The van der Waals surface area contributed by atoms with Crippen molar-refractivity contribution in [3.8, 4) is 0 Å². The molecule has 0 bridgehead atoms. The van der Waals surface area contributed by atoms with Crippen LogP contribution in [0.3, 0.4) is 0 Å². The van der Waals surface area contributed by atoms with Crippen molar-refractivity contribution in [2.75, 3.05) is 0 Å². The molecule has 182 valence electrons. The van der Waals surface area contributed by atoms with E-state index in [0.717, 1.165) is 23.3 Å². The summed E-state index contributed by atoms with van der Waals surface area (Å²) in [5.74, 6) is -0.0988. The Morgan fingerprint density at radius 2 is 1.97 bits per heavy atom. The Morgan fingerprint density at radius 3 is 2.71 bits per heavy atom. The first-order valence-corrected chi connectivity index (χ1v) is 13.1. The summed E-state index contributed by atoms with van der Waals surface area (Å²) in [6.45, 7) is 9.10. The molecule has 4 rings (SSSR count). The molecule has 1 fully saturated rings. The van der Waals surface area contributed by atoms with Crippen LogP contribution in [-0.2, 0) is 0 Å². The lowest BCUT2D eigenvalue weighted by Gasteiger charge is -2.35. The summed E-state index contributed by atoms with van der Waals surface area (Å²) >= 11 is 0. The number of allylic oxidation sites excluding steroid dienone is 6. The summed E-state index contributed by atoms with van der Waals surface area (Å²) in [6, 6.07) is 3.22. The Hall–Kier alpha value is -2.62. The van der Waals surface area contributed by atoms with Crippen molar-refractivity contribution in [3.63, 3.8) is 0 Å². The summed E-state index contributed by atoms with van der Waals surface area (Å²) in [4.78, 5) is 16.4. The van der Waals surface area contributed by atoms with Gasteiger partial charge in [-0.3, -0.25) is 4.99 Å². The van der Waals surface area contributed by atoms with Crippen LogP contribution >= 0.6 is 0 Å². The van der Waals surface area contributed by atoms with E-state index in [9.17, 15) is 9.90 Å². The summed E-state index contributed by atoms with van der Waals surface area (Å²) in [5, 5.41) is 9.17. The van der Waals surface area contributed by atoms with Crippen molar-refractivity contribution in [1.82, 2.24) is 0 Å². The van der Waals surface area contributed by atoms with Crippen molar-refractivity contribution < 1.29 is 14.3 Å². The summed E-state index contributed by atoms with van der Waals surface area (Å²) < 4.78 is 5.49. The number of furan rings is 1. The molecule has 0 aromatic carbocycles. The maximum Gasteiger partial charge on any atom is 0.371 e. The Labute approximate surface area is 204 Å². The highest BCUT2D eigenvalue weighted by Crippen LogP contribution is 2.51. The molecule has 1 aliphatic heterocycles. The van der Waals surface area contributed by atoms with Crippen LogP contribution in [0.4, 0.5) is 0 Å². The molecule has 34 heavy (non-hydrogen) atoms. The third-order valence-corrected chi connectivity index (χ3v) is 7.56. The molecule has 2 heterocycles. The van der Waals surface area contributed by atoms with E-state index in [1.165, 1.54) is 80.7 Å². The standard InChI is InChI=1S/C30H39NO3/c1-5-6-7-8-9-10-12-21-14-16-23(20(2)19-22-15-17-25(34-22)29(32)33)28-26(21)27-24(31-28)13-11-18-30(27,3)4/h14-17,19,21H,5-13,18H2,1-4H3,(H,32,33). The molecule has 1 aromatic rings. The SMILES string of the molecule is CCCCCCCCC1C=CC(C(C)=Cc2ccc(C(=O)O)o2)=C2N=C3CCCC(C)(C)C3=C21. The topological polar surface area (TPSA) is 62.8 Å². The number of carboxylic acid groups (broad SMARTS) is 1. The minimum absolute atomic E-state index is 0.0356. The van der Waals surface area contributed by atoms with Crippen molar-refractivity contribution >= 4 is 17.8 Å². The number of fused-ring (bicyclic) bond motifs is 2. The van der Waals surface area contributed by atoms with Crippen LogP contribution in [0.1, 0.15) is 108 Å². The summed E-state index contributed by atoms with van der Waals surface area (Å²) in [5.41, 5.74) is 7.70. The van der Waals surface area contributed by atoms with E-state index in [0.29, 0.717) is 11.7 Å². The van der Waals surface area contributed by atoms with Gasteiger partial charge in [0.15, 0.2) is 0 Å². The van der Waals surface area contributed by atoms with Gasteiger partial charge < -0.3 is 9.52 Å². The van der Waals surface area contributed by atoms with Crippen molar-refractivity contribution in [2.24, 2.45) is 16.3 Å². The molecular weight excluding hydrogens is 422 g/mol. The van der Waals surface area contributed by atoms with Gasteiger partial charge in [0.25, 0.3) is 0 Å². The van der Waals surface area contributed by atoms with Gasteiger partial charge in [0, 0.05) is 17.2 Å². The number of hydrogen-bond acceptors (Lipinski definition) is 3. The van der Waals surface area contributed by atoms with E-state index in [2.05, 4.69) is 39.8 Å². The minimum Gasteiger partial charge on any atom is -0.475 e. The number of unbranched alkanes of at least 4 members (excludes halogenated alkanes) is 5. The fourth-order valence-electron chi connectivity index (χ4n) is 5.78. The Kier molecular flexibility index (Phi) is 7.45. The molecule has 0 saturated heterocycles. The number of nitrogens with zero attached hydrogens (tertiary/aromatic N) is 1. The second-order valence-electron chi connectivity index (χ2n) is 10.7. The van der Waals surface area contributed by atoms with Crippen molar-refractivity contribution in [2.45, 2.75) is 91.9 Å². The number of rotatable bonds is 10. The number of hydrogen-bond donors (Lipinski definition) is 1. The van der Waals surface area contributed by atoms with Crippen molar-refractivity contribution in [1.29, 1.82) is 0 Å². The Morgan fingerprint density at radius 1 is 1.21 bits per heavy atom. The molecule has 2 aliphatic carbocycles. The molecule has 0 spiro atoms. The van der Waals surface area contributed by atoms with Crippen LogP contribution in [0, 0.1) is 11.3 Å². The fraction of sp³-hybridized carbons (Fsp3) is 0.533. The molecule has 1 unspecified atom stereocenters. The van der Waals surface area contributed by atoms with E-state index in [1.807, 2.05) is 6.08 Å². The first-order valence-electron chi connectivity index (χ1n) is 13.1. The third kappa shape index (κ3) is 5.06. The Bertz CT molecular complexity index is 1090. The largest absolute Gasteiger partial charge is 0.475 e. The summed E-state index contributed by atoms with van der Waals surface area (Å²) in [6.07, 6.45) is 19.1. The van der Waals surface area contributed by atoms with E-state index < -0.39 is 5.97 Å². The average molecular weight is 462 g/mol. The molecule has 1 saturated carbocycles. The van der Waals surface area contributed by atoms with Crippen LogP contribution in [0.5, 0.6) is 0 Å².